The van der Waals surface area contributed by atoms with Crippen LogP contribution in [0.15, 0.2) is 34.7 Å². The number of amides is 1. The van der Waals surface area contributed by atoms with Crippen LogP contribution in [0.1, 0.15) is 23.9 Å². The molecule has 0 spiro atoms. The highest BCUT2D eigenvalue weighted by Crippen LogP contribution is 2.32. The molecule has 6 nitrogen and oxygen atoms in total. The van der Waals surface area contributed by atoms with Gasteiger partial charge in [-0.3, -0.25) is 4.79 Å². The maximum Gasteiger partial charge on any atom is 0.375 e. The fourth-order valence-electron chi connectivity index (χ4n) is 2.19. The highest BCUT2D eigenvalue weighted by molar-refractivity contribution is 6.35. The third kappa shape index (κ3) is 4.78. The summed E-state index contributed by atoms with van der Waals surface area (Å²) in [4.78, 5) is 25.6. The number of hydrogen-bond acceptors (Lipinski definition) is 5. The Morgan fingerprint density at radius 1 is 1.31 bits per heavy atom. The monoisotopic (exact) mass is 394 g/mol. The number of rotatable bonds is 6. The molecule has 0 radical (unpaired) electrons. The van der Waals surface area contributed by atoms with Gasteiger partial charge in [0.05, 0.1) is 17.5 Å². The van der Waals surface area contributed by atoms with Crippen LogP contribution < -0.4 is 0 Å². The first-order valence-corrected chi connectivity index (χ1v) is 8.47. The van der Waals surface area contributed by atoms with Gasteiger partial charge < -0.3 is 14.1 Å². The predicted octanol–water partition coefficient (Wildman–Crippen LogP) is 4.17. The van der Waals surface area contributed by atoms with E-state index >= 15 is 0 Å². The van der Waals surface area contributed by atoms with Gasteiger partial charge in [-0.1, -0.05) is 23.2 Å². The molecule has 1 aromatic carbocycles. The Kier molecular flexibility index (Phi) is 6.67. The number of nitrogens with zero attached hydrogens (tertiary/aromatic N) is 2. The second kappa shape index (κ2) is 8.75. The number of carbonyl (C=O) groups is 2. The lowest BCUT2D eigenvalue weighted by Gasteiger charge is -2.20. The van der Waals surface area contributed by atoms with Gasteiger partial charge in [0, 0.05) is 24.2 Å². The van der Waals surface area contributed by atoms with E-state index in [9.17, 15) is 9.59 Å². The summed E-state index contributed by atoms with van der Waals surface area (Å²) in [6, 6.07) is 9.84. The first-order valence-electron chi connectivity index (χ1n) is 7.71. The highest BCUT2D eigenvalue weighted by atomic mass is 35.5. The lowest BCUT2D eigenvalue weighted by atomic mass is 10.2. The van der Waals surface area contributed by atoms with Crippen molar-refractivity contribution in [2.24, 2.45) is 0 Å². The van der Waals surface area contributed by atoms with Crippen LogP contribution in [0.5, 0.6) is 0 Å². The maximum absolute atomic E-state index is 12.2. The van der Waals surface area contributed by atoms with Crippen LogP contribution in [0.4, 0.5) is 0 Å². The van der Waals surface area contributed by atoms with E-state index < -0.39 is 18.0 Å². The molecule has 0 N–H and O–H groups in total. The molecule has 2 aromatic rings. The van der Waals surface area contributed by atoms with E-state index in [0.29, 0.717) is 21.4 Å². The van der Waals surface area contributed by atoms with Crippen LogP contribution in [0.25, 0.3) is 11.3 Å². The predicted molar refractivity (Wildman–Crippen MR) is 96.9 cm³/mol. The van der Waals surface area contributed by atoms with Gasteiger partial charge in [0.2, 0.25) is 5.76 Å². The van der Waals surface area contributed by atoms with E-state index in [0.717, 1.165) is 0 Å². The lowest BCUT2D eigenvalue weighted by molar-refractivity contribution is -0.138. The molecule has 1 aromatic heterocycles. The zero-order valence-electron chi connectivity index (χ0n) is 14.2. The first kappa shape index (κ1) is 19.8. The van der Waals surface area contributed by atoms with Crippen molar-refractivity contribution in [3.8, 4) is 17.4 Å². The number of esters is 1. The Morgan fingerprint density at radius 3 is 2.73 bits per heavy atom. The third-order valence-electron chi connectivity index (χ3n) is 3.57. The maximum atomic E-state index is 12.2. The molecule has 0 aliphatic carbocycles. The van der Waals surface area contributed by atoms with Crippen molar-refractivity contribution in [3.63, 3.8) is 0 Å². The Hall–Kier alpha value is -2.49. The number of ether oxygens (including phenoxy) is 1. The van der Waals surface area contributed by atoms with E-state index in [1.165, 1.54) is 24.9 Å². The summed E-state index contributed by atoms with van der Waals surface area (Å²) in [5.41, 5.74) is 0.540. The molecule has 1 heterocycles. The van der Waals surface area contributed by atoms with Gasteiger partial charge in [-0.2, -0.15) is 5.26 Å². The van der Waals surface area contributed by atoms with Crippen molar-refractivity contribution < 1.29 is 18.7 Å². The zero-order chi connectivity index (χ0) is 19.3. The molecule has 8 heteroatoms. The SMILES string of the molecule is C[C@@H](OC(=O)c1ccc(-c2cc(Cl)ccc2Cl)o1)C(=O)N(C)CCC#N. The van der Waals surface area contributed by atoms with Crippen molar-refractivity contribution in [3.05, 3.63) is 46.1 Å². The minimum Gasteiger partial charge on any atom is -0.449 e. The van der Waals surface area contributed by atoms with Crippen molar-refractivity contribution in [1.82, 2.24) is 4.90 Å². The third-order valence-corrected chi connectivity index (χ3v) is 4.13. The Balaban J connectivity index is 2.07. The summed E-state index contributed by atoms with van der Waals surface area (Å²) < 4.78 is 10.6. The zero-order valence-corrected chi connectivity index (χ0v) is 15.7. The molecule has 1 atom stereocenters. The summed E-state index contributed by atoms with van der Waals surface area (Å²) in [5.74, 6) is -0.882. The van der Waals surface area contributed by atoms with Crippen LogP contribution in [0, 0.1) is 11.3 Å². The average Bonchev–Trinajstić information content (AvgIpc) is 3.10. The molecule has 0 unspecified atom stereocenters. The van der Waals surface area contributed by atoms with Gasteiger partial charge >= 0.3 is 5.97 Å². The molecule has 136 valence electrons. The number of carbonyl (C=O) groups excluding carboxylic acids is 2. The number of likely N-dealkylation sites (N-methyl/N-ethyl adjacent to an activating group) is 1. The number of nitriles is 1. The quantitative estimate of drug-likeness (QED) is 0.686. The topological polar surface area (TPSA) is 83.5 Å². The fraction of sp³-hybridized carbons (Fsp3) is 0.278. The van der Waals surface area contributed by atoms with Gasteiger partial charge in [-0.05, 0) is 37.3 Å². The van der Waals surface area contributed by atoms with Crippen LogP contribution in [-0.4, -0.2) is 36.5 Å². The number of benzene rings is 1. The van der Waals surface area contributed by atoms with Gasteiger partial charge in [0.1, 0.15) is 5.76 Å². The normalized spacial score (nSPS) is 11.5. The van der Waals surface area contributed by atoms with E-state index in [1.807, 2.05) is 6.07 Å². The average molecular weight is 395 g/mol. The number of halogens is 2. The number of hydrogen-bond donors (Lipinski definition) is 0. The Morgan fingerprint density at radius 2 is 2.04 bits per heavy atom. The van der Waals surface area contributed by atoms with Crippen LogP contribution >= 0.6 is 23.2 Å². The van der Waals surface area contributed by atoms with E-state index in [4.69, 9.17) is 37.6 Å². The molecule has 26 heavy (non-hydrogen) atoms. The molecule has 0 fully saturated rings. The lowest BCUT2D eigenvalue weighted by Crippen LogP contribution is -2.37. The fourth-order valence-corrected chi connectivity index (χ4v) is 2.57. The number of furan rings is 1. The van der Waals surface area contributed by atoms with Gasteiger partial charge in [-0.15, -0.1) is 0 Å². The van der Waals surface area contributed by atoms with Crippen molar-refractivity contribution >= 4 is 35.1 Å². The Bertz CT molecular complexity index is 857. The second-order valence-corrected chi connectivity index (χ2v) is 6.35. The summed E-state index contributed by atoms with van der Waals surface area (Å²) in [6.45, 7) is 1.72. The molecular weight excluding hydrogens is 379 g/mol. The molecule has 0 aliphatic heterocycles. The summed E-state index contributed by atoms with van der Waals surface area (Å²) in [7, 11) is 1.54. The van der Waals surface area contributed by atoms with Gasteiger partial charge in [-0.25, -0.2) is 4.79 Å². The summed E-state index contributed by atoms with van der Waals surface area (Å²) >= 11 is 12.1. The molecule has 0 saturated heterocycles. The standard InChI is InChI=1S/C18H16Cl2N2O4/c1-11(17(23)22(2)9-3-8-21)25-18(24)16-7-6-15(26-16)13-10-12(19)4-5-14(13)20/h4-7,10-11H,3,9H2,1-2H3/t11-/m1/s1. The molecular formula is C18H16Cl2N2O4. The largest absolute Gasteiger partial charge is 0.449 e. The van der Waals surface area contributed by atoms with Crippen LogP contribution in [0.3, 0.4) is 0 Å². The molecule has 1 amide bonds. The smallest absolute Gasteiger partial charge is 0.375 e. The second-order valence-electron chi connectivity index (χ2n) is 5.50. The van der Waals surface area contributed by atoms with Gasteiger partial charge in [0.15, 0.2) is 6.10 Å². The minimum atomic E-state index is -1.01. The molecule has 0 saturated carbocycles. The van der Waals surface area contributed by atoms with E-state index in [-0.39, 0.29) is 18.7 Å². The molecule has 0 aliphatic rings. The minimum absolute atomic E-state index is 0.0598. The van der Waals surface area contributed by atoms with Crippen molar-refractivity contribution in [2.75, 3.05) is 13.6 Å². The summed E-state index contributed by atoms with van der Waals surface area (Å²) in [5, 5.41) is 9.46. The van der Waals surface area contributed by atoms with Crippen molar-refractivity contribution in [1.29, 1.82) is 5.26 Å². The van der Waals surface area contributed by atoms with E-state index in [1.54, 1.807) is 24.3 Å². The van der Waals surface area contributed by atoms with Crippen LogP contribution in [0.2, 0.25) is 10.0 Å². The Labute approximate surface area is 160 Å². The van der Waals surface area contributed by atoms with E-state index in [2.05, 4.69) is 0 Å². The highest BCUT2D eigenvalue weighted by Gasteiger charge is 2.24. The first-order chi connectivity index (χ1) is 12.3. The summed E-state index contributed by atoms with van der Waals surface area (Å²) in [6.07, 6.45) is -0.806. The molecule has 0 bridgehead atoms. The van der Waals surface area contributed by atoms with Crippen LogP contribution in [-0.2, 0) is 9.53 Å². The molecule has 2 rings (SSSR count). The van der Waals surface area contributed by atoms with Gasteiger partial charge in [0.25, 0.3) is 5.91 Å². The van der Waals surface area contributed by atoms with Crippen molar-refractivity contribution in [2.45, 2.75) is 19.4 Å².